The number of carbonyl (C=O) groups is 1. The molecule has 2 rings (SSSR count). The number of aromatic amines is 1. The third kappa shape index (κ3) is 2.78. The topological polar surface area (TPSA) is 54.1 Å². The van der Waals surface area contributed by atoms with Gasteiger partial charge in [-0.3, -0.25) is 5.32 Å². The Morgan fingerprint density at radius 1 is 1.29 bits per heavy atom. The molecular weight excluding hydrogens is 216 g/mol. The summed E-state index contributed by atoms with van der Waals surface area (Å²) in [5, 5.41) is 3.79. The van der Waals surface area contributed by atoms with E-state index in [1.807, 2.05) is 51.2 Å². The second kappa shape index (κ2) is 4.13. The van der Waals surface area contributed by atoms with E-state index in [4.69, 9.17) is 4.74 Å². The van der Waals surface area contributed by atoms with Crippen LogP contribution in [0.2, 0.25) is 0 Å². The number of aromatic nitrogens is 1. The number of rotatable bonds is 1. The molecule has 0 radical (unpaired) electrons. The molecule has 1 heterocycles. The molecule has 4 heteroatoms. The Morgan fingerprint density at radius 2 is 2.06 bits per heavy atom. The van der Waals surface area contributed by atoms with Gasteiger partial charge >= 0.3 is 6.09 Å². The maximum absolute atomic E-state index is 11.6. The highest BCUT2D eigenvalue weighted by Gasteiger charge is 2.16. The number of anilines is 1. The van der Waals surface area contributed by atoms with Gasteiger partial charge in [0.25, 0.3) is 0 Å². The summed E-state index contributed by atoms with van der Waals surface area (Å²) in [5.41, 5.74) is 1.13. The Bertz CT molecular complexity index is 538. The van der Waals surface area contributed by atoms with Crippen molar-refractivity contribution in [1.29, 1.82) is 0 Å². The van der Waals surface area contributed by atoms with Gasteiger partial charge in [-0.1, -0.05) is 12.1 Å². The molecule has 0 spiro atoms. The van der Waals surface area contributed by atoms with E-state index in [2.05, 4.69) is 10.3 Å². The molecule has 4 nitrogen and oxygen atoms in total. The largest absolute Gasteiger partial charge is 0.444 e. The number of fused-ring (bicyclic) bond motifs is 1. The van der Waals surface area contributed by atoms with Gasteiger partial charge in [-0.2, -0.15) is 0 Å². The predicted molar refractivity (Wildman–Crippen MR) is 68.2 cm³/mol. The van der Waals surface area contributed by atoms with Gasteiger partial charge in [-0.05, 0) is 32.9 Å². The minimum atomic E-state index is -0.492. The first kappa shape index (κ1) is 11.5. The Balaban J connectivity index is 2.18. The molecular formula is C13H16N2O2. The SMILES string of the molecule is CC(C)(C)OC(=O)Nc1cccc2cc[nH]c12. The average Bonchev–Trinajstić information content (AvgIpc) is 2.63. The molecule has 2 N–H and O–H groups in total. The predicted octanol–water partition coefficient (Wildman–Crippen LogP) is 3.51. The molecule has 90 valence electrons. The van der Waals surface area contributed by atoms with Crippen LogP contribution in [0.5, 0.6) is 0 Å². The Hall–Kier alpha value is -1.97. The van der Waals surface area contributed by atoms with Crippen molar-refractivity contribution < 1.29 is 9.53 Å². The van der Waals surface area contributed by atoms with Crippen LogP contribution >= 0.6 is 0 Å². The highest BCUT2D eigenvalue weighted by atomic mass is 16.6. The fourth-order valence-corrected chi connectivity index (χ4v) is 1.60. The molecule has 0 bridgehead atoms. The number of hydrogen-bond acceptors (Lipinski definition) is 2. The molecule has 1 amide bonds. The summed E-state index contributed by atoms with van der Waals surface area (Å²) < 4.78 is 5.20. The van der Waals surface area contributed by atoms with Crippen LogP contribution in [0.15, 0.2) is 30.5 Å². The van der Waals surface area contributed by atoms with E-state index in [1.54, 1.807) is 0 Å². The molecule has 0 fully saturated rings. The second-order valence-corrected chi connectivity index (χ2v) is 4.87. The zero-order chi connectivity index (χ0) is 12.5. The summed E-state index contributed by atoms with van der Waals surface area (Å²) >= 11 is 0. The van der Waals surface area contributed by atoms with Crippen molar-refractivity contribution >= 4 is 22.7 Å². The molecule has 0 atom stereocenters. The third-order valence-corrected chi connectivity index (χ3v) is 2.22. The Morgan fingerprint density at radius 3 is 2.76 bits per heavy atom. The van der Waals surface area contributed by atoms with Crippen LogP contribution in [0, 0.1) is 0 Å². The lowest BCUT2D eigenvalue weighted by Crippen LogP contribution is -2.27. The minimum Gasteiger partial charge on any atom is -0.444 e. The molecule has 2 aromatic rings. The molecule has 0 unspecified atom stereocenters. The van der Waals surface area contributed by atoms with E-state index in [0.717, 1.165) is 16.6 Å². The number of para-hydroxylation sites is 1. The van der Waals surface area contributed by atoms with E-state index in [1.165, 1.54) is 0 Å². The number of nitrogens with one attached hydrogen (secondary N) is 2. The summed E-state index contributed by atoms with van der Waals surface area (Å²) in [5.74, 6) is 0. The van der Waals surface area contributed by atoms with Crippen molar-refractivity contribution in [2.24, 2.45) is 0 Å². The summed E-state index contributed by atoms with van der Waals surface area (Å²) in [7, 11) is 0. The van der Waals surface area contributed by atoms with Crippen molar-refractivity contribution in [2.75, 3.05) is 5.32 Å². The number of hydrogen-bond donors (Lipinski definition) is 2. The van der Waals surface area contributed by atoms with E-state index < -0.39 is 11.7 Å². The van der Waals surface area contributed by atoms with E-state index in [0.29, 0.717) is 0 Å². The molecule has 1 aromatic carbocycles. The van der Waals surface area contributed by atoms with Gasteiger partial charge in [0.15, 0.2) is 0 Å². The summed E-state index contributed by atoms with van der Waals surface area (Å²) in [6, 6.07) is 7.66. The maximum Gasteiger partial charge on any atom is 0.412 e. The lowest BCUT2D eigenvalue weighted by Gasteiger charge is -2.19. The summed E-state index contributed by atoms with van der Waals surface area (Å²) in [4.78, 5) is 14.7. The Kier molecular flexibility index (Phi) is 2.79. The number of ether oxygens (including phenoxy) is 1. The lowest BCUT2D eigenvalue weighted by molar-refractivity contribution is 0.0636. The molecule has 1 aromatic heterocycles. The van der Waals surface area contributed by atoms with Gasteiger partial charge in [0.1, 0.15) is 5.60 Å². The molecule has 0 aliphatic rings. The lowest BCUT2D eigenvalue weighted by atomic mass is 10.2. The molecule has 0 saturated heterocycles. The zero-order valence-electron chi connectivity index (χ0n) is 10.2. The highest BCUT2D eigenvalue weighted by Crippen LogP contribution is 2.22. The van der Waals surface area contributed by atoms with Crippen LogP contribution in [-0.2, 0) is 4.74 Å². The molecule has 17 heavy (non-hydrogen) atoms. The minimum absolute atomic E-state index is 0.445. The monoisotopic (exact) mass is 232 g/mol. The first-order valence-corrected chi connectivity index (χ1v) is 5.52. The van der Waals surface area contributed by atoms with Crippen molar-refractivity contribution in [1.82, 2.24) is 4.98 Å². The van der Waals surface area contributed by atoms with Gasteiger partial charge in [0.2, 0.25) is 0 Å². The number of H-pyrrole nitrogens is 1. The summed E-state index contributed by atoms with van der Waals surface area (Å²) in [6.07, 6.45) is 1.39. The van der Waals surface area contributed by atoms with Gasteiger partial charge in [0, 0.05) is 11.6 Å². The quantitative estimate of drug-likeness (QED) is 0.790. The number of carbonyl (C=O) groups excluding carboxylic acids is 1. The van der Waals surface area contributed by atoms with Gasteiger partial charge in [0.05, 0.1) is 11.2 Å². The van der Waals surface area contributed by atoms with Gasteiger partial charge in [-0.25, -0.2) is 4.79 Å². The summed E-state index contributed by atoms with van der Waals surface area (Å²) in [6.45, 7) is 5.51. The van der Waals surface area contributed by atoms with Crippen molar-refractivity contribution in [3.63, 3.8) is 0 Å². The zero-order valence-corrected chi connectivity index (χ0v) is 10.2. The van der Waals surface area contributed by atoms with E-state index in [-0.39, 0.29) is 0 Å². The van der Waals surface area contributed by atoms with Crippen LogP contribution < -0.4 is 5.32 Å². The molecule has 0 aliphatic heterocycles. The van der Waals surface area contributed by atoms with Crippen molar-refractivity contribution in [3.05, 3.63) is 30.5 Å². The van der Waals surface area contributed by atoms with E-state index in [9.17, 15) is 4.79 Å². The molecule has 0 saturated carbocycles. The van der Waals surface area contributed by atoms with Crippen LogP contribution in [0.1, 0.15) is 20.8 Å². The number of benzene rings is 1. The first-order valence-electron chi connectivity index (χ1n) is 5.52. The van der Waals surface area contributed by atoms with Crippen LogP contribution in [0.4, 0.5) is 10.5 Å². The Labute approximate surface area is 100.0 Å². The van der Waals surface area contributed by atoms with Gasteiger partial charge < -0.3 is 9.72 Å². The van der Waals surface area contributed by atoms with Crippen LogP contribution in [0.3, 0.4) is 0 Å². The fourth-order valence-electron chi connectivity index (χ4n) is 1.60. The smallest absolute Gasteiger partial charge is 0.412 e. The van der Waals surface area contributed by atoms with Crippen molar-refractivity contribution in [2.45, 2.75) is 26.4 Å². The van der Waals surface area contributed by atoms with Gasteiger partial charge in [-0.15, -0.1) is 0 Å². The highest BCUT2D eigenvalue weighted by molar-refractivity contribution is 5.98. The normalized spacial score (nSPS) is 11.5. The van der Waals surface area contributed by atoms with Crippen LogP contribution in [0.25, 0.3) is 10.9 Å². The second-order valence-electron chi connectivity index (χ2n) is 4.87. The maximum atomic E-state index is 11.6. The number of amides is 1. The first-order chi connectivity index (χ1) is 7.96. The fraction of sp³-hybridized carbons (Fsp3) is 0.308. The molecule has 0 aliphatic carbocycles. The van der Waals surface area contributed by atoms with Crippen LogP contribution in [-0.4, -0.2) is 16.7 Å². The van der Waals surface area contributed by atoms with Crippen molar-refractivity contribution in [3.8, 4) is 0 Å². The average molecular weight is 232 g/mol. The van der Waals surface area contributed by atoms with E-state index >= 15 is 0 Å². The third-order valence-electron chi connectivity index (χ3n) is 2.22. The standard InChI is InChI=1S/C13H16N2O2/c1-13(2,3)17-12(16)15-10-6-4-5-9-7-8-14-11(9)10/h4-8,14H,1-3H3,(H,15,16).